The molecule has 16 heavy (non-hydrogen) atoms. The van der Waals surface area contributed by atoms with Crippen LogP contribution >= 0.6 is 12.4 Å². The lowest BCUT2D eigenvalue weighted by Gasteiger charge is -2.07. The molecule has 0 heterocycles. The Hall–Kier alpha value is -1.09. The predicted octanol–water partition coefficient (Wildman–Crippen LogP) is 2.82. The highest BCUT2D eigenvalue weighted by molar-refractivity contribution is 5.85. The molecule has 0 atom stereocenters. The van der Waals surface area contributed by atoms with E-state index in [1.807, 2.05) is 13.8 Å². The molecule has 0 amide bonds. The van der Waals surface area contributed by atoms with Crippen LogP contribution in [0.4, 0.5) is 4.39 Å². The van der Waals surface area contributed by atoms with Crippen molar-refractivity contribution in [1.82, 2.24) is 5.32 Å². The molecule has 0 fully saturated rings. The maximum atomic E-state index is 12.7. The van der Waals surface area contributed by atoms with Crippen LogP contribution in [0.15, 0.2) is 29.3 Å². The molecule has 0 saturated carbocycles. The fourth-order valence-corrected chi connectivity index (χ4v) is 1.36. The third-order valence-electron chi connectivity index (χ3n) is 2.01. The largest absolute Gasteiger partial charge is 0.374 e. The first-order valence-electron chi connectivity index (χ1n) is 5.28. The highest BCUT2D eigenvalue weighted by Gasteiger charge is 1.99. The lowest BCUT2D eigenvalue weighted by molar-refractivity contribution is 0.627. The van der Waals surface area contributed by atoms with Gasteiger partial charge < -0.3 is 5.32 Å². The van der Waals surface area contributed by atoms with Gasteiger partial charge in [-0.05, 0) is 31.5 Å². The summed E-state index contributed by atoms with van der Waals surface area (Å²) in [4.78, 5) is 4.34. The molecule has 0 aliphatic rings. The van der Waals surface area contributed by atoms with Crippen molar-refractivity contribution in [2.24, 2.45) is 4.99 Å². The second kappa shape index (κ2) is 8.11. The van der Waals surface area contributed by atoms with Gasteiger partial charge in [0.25, 0.3) is 0 Å². The molecule has 1 aromatic rings. The smallest absolute Gasteiger partial charge is 0.123 e. The maximum Gasteiger partial charge on any atom is 0.123 e. The van der Waals surface area contributed by atoms with Gasteiger partial charge in [0.05, 0.1) is 0 Å². The van der Waals surface area contributed by atoms with Gasteiger partial charge in [-0.2, -0.15) is 0 Å². The molecule has 2 nitrogen and oxygen atoms in total. The molecular weight excluding hydrogens is 227 g/mol. The summed E-state index contributed by atoms with van der Waals surface area (Å²) in [5.41, 5.74) is 1.07. The first-order chi connectivity index (χ1) is 7.26. The first kappa shape index (κ1) is 14.9. The number of nitrogens with one attached hydrogen (secondary N) is 1. The molecule has 1 rings (SSSR count). The normalized spacial score (nSPS) is 10.8. The summed E-state index contributed by atoms with van der Waals surface area (Å²) >= 11 is 0. The minimum atomic E-state index is -0.198. The number of nitrogens with zero attached hydrogens (tertiary/aromatic N) is 1. The summed E-state index contributed by atoms with van der Waals surface area (Å²) in [6, 6.07) is 6.53. The lowest BCUT2D eigenvalue weighted by atomic mass is 10.1. The Balaban J connectivity index is 0.00000225. The van der Waals surface area contributed by atoms with Crippen LogP contribution in [0.1, 0.15) is 19.4 Å². The van der Waals surface area contributed by atoms with Crippen LogP contribution in [-0.2, 0) is 6.42 Å². The number of amidine groups is 1. The van der Waals surface area contributed by atoms with E-state index in [-0.39, 0.29) is 18.2 Å². The van der Waals surface area contributed by atoms with E-state index in [1.165, 1.54) is 12.1 Å². The van der Waals surface area contributed by atoms with E-state index >= 15 is 0 Å². The zero-order valence-corrected chi connectivity index (χ0v) is 10.5. The van der Waals surface area contributed by atoms with Crippen molar-refractivity contribution in [2.75, 3.05) is 13.1 Å². The topological polar surface area (TPSA) is 24.4 Å². The van der Waals surface area contributed by atoms with Gasteiger partial charge in [0.15, 0.2) is 0 Å². The van der Waals surface area contributed by atoms with E-state index in [0.717, 1.165) is 30.9 Å². The van der Waals surface area contributed by atoms with Gasteiger partial charge >= 0.3 is 0 Å². The van der Waals surface area contributed by atoms with E-state index in [0.29, 0.717) is 0 Å². The Kier molecular flexibility index (Phi) is 7.56. The molecule has 0 unspecified atom stereocenters. The van der Waals surface area contributed by atoms with Gasteiger partial charge in [-0.3, -0.25) is 4.99 Å². The number of likely N-dealkylation sites (N-methyl/N-ethyl adjacent to an activating group) is 1. The van der Waals surface area contributed by atoms with Gasteiger partial charge in [-0.1, -0.05) is 12.1 Å². The van der Waals surface area contributed by atoms with Gasteiger partial charge in [0.2, 0.25) is 0 Å². The van der Waals surface area contributed by atoms with Crippen molar-refractivity contribution in [2.45, 2.75) is 20.3 Å². The first-order valence-corrected chi connectivity index (χ1v) is 5.28. The Labute approximate surface area is 102 Å². The lowest BCUT2D eigenvalue weighted by Crippen LogP contribution is -2.25. The van der Waals surface area contributed by atoms with Crippen molar-refractivity contribution in [3.63, 3.8) is 0 Å². The van der Waals surface area contributed by atoms with Gasteiger partial charge in [0.1, 0.15) is 11.7 Å². The summed E-state index contributed by atoms with van der Waals surface area (Å²) in [6.45, 7) is 5.67. The van der Waals surface area contributed by atoms with Gasteiger partial charge in [0, 0.05) is 19.5 Å². The molecule has 4 heteroatoms. The molecule has 0 aliphatic carbocycles. The van der Waals surface area contributed by atoms with Crippen molar-refractivity contribution >= 4 is 18.2 Å². The SMILES string of the molecule is CCN=C(Cc1ccc(F)cc1)NCC.Cl. The molecule has 0 saturated heterocycles. The monoisotopic (exact) mass is 244 g/mol. The Morgan fingerprint density at radius 2 is 1.88 bits per heavy atom. The predicted molar refractivity (Wildman–Crippen MR) is 69.0 cm³/mol. The van der Waals surface area contributed by atoms with Crippen LogP contribution < -0.4 is 5.32 Å². The Bertz CT molecular complexity index is 322. The summed E-state index contributed by atoms with van der Waals surface area (Å²) in [5.74, 6) is 0.766. The summed E-state index contributed by atoms with van der Waals surface area (Å²) in [7, 11) is 0. The summed E-state index contributed by atoms with van der Waals surface area (Å²) in [6.07, 6.45) is 0.738. The Morgan fingerprint density at radius 1 is 1.25 bits per heavy atom. The fraction of sp³-hybridized carbons (Fsp3) is 0.417. The third kappa shape index (κ3) is 5.12. The summed E-state index contributed by atoms with van der Waals surface area (Å²) in [5, 5.41) is 3.20. The van der Waals surface area contributed by atoms with E-state index in [9.17, 15) is 4.39 Å². The third-order valence-corrected chi connectivity index (χ3v) is 2.01. The van der Waals surface area contributed by atoms with Crippen LogP contribution in [0.3, 0.4) is 0 Å². The molecule has 0 radical (unpaired) electrons. The second-order valence-electron chi connectivity index (χ2n) is 3.25. The molecule has 0 spiro atoms. The molecule has 0 bridgehead atoms. The molecule has 1 aromatic carbocycles. The van der Waals surface area contributed by atoms with Crippen molar-refractivity contribution < 1.29 is 4.39 Å². The van der Waals surface area contributed by atoms with Crippen LogP contribution in [-0.4, -0.2) is 18.9 Å². The number of aliphatic imine (C=N–C) groups is 1. The van der Waals surface area contributed by atoms with Crippen molar-refractivity contribution in [3.8, 4) is 0 Å². The van der Waals surface area contributed by atoms with E-state index in [2.05, 4.69) is 10.3 Å². The van der Waals surface area contributed by atoms with Crippen molar-refractivity contribution in [3.05, 3.63) is 35.6 Å². The quantitative estimate of drug-likeness (QED) is 0.639. The molecular formula is C12H18ClFN2. The van der Waals surface area contributed by atoms with Crippen molar-refractivity contribution in [1.29, 1.82) is 0 Å². The molecule has 90 valence electrons. The fourth-order valence-electron chi connectivity index (χ4n) is 1.36. The average Bonchev–Trinajstić information content (AvgIpc) is 2.22. The van der Waals surface area contributed by atoms with E-state index in [1.54, 1.807) is 12.1 Å². The maximum absolute atomic E-state index is 12.7. The summed E-state index contributed by atoms with van der Waals surface area (Å²) < 4.78 is 12.7. The molecule has 0 aromatic heterocycles. The van der Waals surface area contributed by atoms with Crippen LogP contribution in [0.25, 0.3) is 0 Å². The standard InChI is InChI=1S/C12H17FN2.ClH/c1-3-14-12(15-4-2)9-10-5-7-11(13)8-6-10;/h5-8H,3-4,9H2,1-2H3,(H,14,15);1H. The zero-order valence-electron chi connectivity index (χ0n) is 9.66. The van der Waals surface area contributed by atoms with Crippen LogP contribution in [0.5, 0.6) is 0 Å². The zero-order chi connectivity index (χ0) is 11.1. The number of halogens is 2. The van der Waals surface area contributed by atoms with E-state index in [4.69, 9.17) is 0 Å². The number of hydrogen-bond donors (Lipinski definition) is 1. The second-order valence-corrected chi connectivity index (χ2v) is 3.25. The minimum Gasteiger partial charge on any atom is -0.374 e. The Morgan fingerprint density at radius 3 is 2.38 bits per heavy atom. The van der Waals surface area contributed by atoms with Crippen LogP contribution in [0, 0.1) is 5.82 Å². The molecule has 1 N–H and O–H groups in total. The van der Waals surface area contributed by atoms with Gasteiger partial charge in [-0.15, -0.1) is 12.4 Å². The highest BCUT2D eigenvalue weighted by Crippen LogP contribution is 2.03. The highest BCUT2D eigenvalue weighted by atomic mass is 35.5. The van der Waals surface area contributed by atoms with Gasteiger partial charge in [-0.25, -0.2) is 4.39 Å². The minimum absolute atomic E-state index is 0. The molecule has 0 aliphatic heterocycles. The number of benzene rings is 1. The number of hydrogen-bond acceptors (Lipinski definition) is 1. The number of rotatable bonds is 4. The van der Waals surface area contributed by atoms with Crippen LogP contribution in [0.2, 0.25) is 0 Å². The van der Waals surface area contributed by atoms with E-state index < -0.39 is 0 Å². The average molecular weight is 245 g/mol.